The fourth-order valence-electron chi connectivity index (χ4n) is 2.67. The average Bonchev–Trinajstić information content (AvgIpc) is 3.44. The standard InChI is InChI=1S/C21H17FN4O2S/c22-17-5-2-1-4-15(17)12-24-21(27)14-7-9-16(10-8-14)23-13-19-25-20(26-28-19)18-6-3-11-29-18/h1-11,23H,12-13H2,(H,24,27). The lowest BCUT2D eigenvalue weighted by Crippen LogP contribution is -2.23. The smallest absolute Gasteiger partial charge is 0.251 e. The van der Waals surface area contributed by atoms with Crippen molar-refractivity contribution in [2.24, 2.45) is 0 Å². The minimum absolute atomic E-state index is 0.134. The Labute approximate surface area is 170 Å². The number of carbonyl (C=O) groups excluding carboxylic acids is 1. The summed E-state index contributed by atoms with van der Waals surface area (Å²) in [5, 5.41) is 11.8. The van der Waals surface area contributed by atoms with Gasteiger partial charge in [-0.3, -0.25) is 4.79 Å². The van der Waals surface area contributed by atoms with Gasteiger partial charge in [0.25, 0.3) is 5.91 Å². The third kappa shape index (κ3) is 4.67. The highest BCUT2D eigenvalue weighted by Gasteiger charge is 2.10. The predicted octanol–water partition coefficient (Wildman–Crippen LogP) is 4.48. The summed E-state index contributed by atoms with van der Waals surface area (Å²) in [4.78, 5) is 17.5. The van der Waals surface area contributed by atoms with Crippen LogP contribution in [0.5, 0.6) is 0 Å². The molecule has 0 atom stereocenters. The zero-order valence-electron chi connectivity index (χ0n) is 15.3. The van der Waals surface area contributed by atoms with Gasteiger partial charge in [-0.15, -0.1) is 11.3 Å². The van der Waals surface area contributed by atoms with E-state index in [9.17, 15) is 9.18 Å². The summed E-state index contributed by atoms with van der Waals surface area (Å²) < 4.78 is 18.9. The molecule has 0 saturated heterocycles. The Morgan fingerprint density at radius 1 is 1.03 bits per heavy atom. The Balaban J connectivity index is 1.31. The van der Waals surface area contributed by atoms with Crippen LogP contribution in [0.2, 0.25) is 0 Å². The van der Waals surface area contributed by atoms with Crippen LogP contribution in [0.3, 0.4) is 0 Å². The zero-order chi connectivity index (χ0) is 20.1. The average molecular weight is 408 g/mol. The minimum Gasteiger partial charge on any atom is -0.376 e. The molecule has 0 spiro atoms. The number of thiophene rings is 1. The number of benzene rings is 2. The van der Waals surface area contributed by atoms with Gasteiger partial charge in [-0.1, -0.05) is 29.4 Å². The van der Waals surface area contributed by atoms with Crippen molar-refractivity contribution in [2.75, 3.05) is 5.32 Å². The van der Waals surface area contributed by atoms with Crippen LogP contribution in [0.1, 0.15) is 21.8 Å². The molecule has 29 heavy (non-hydrogen) atoms. The molecule has 0 saturated carbocycles. The number of aromatic nitrogens is 2. The summed E-state index contributed by atoms with van der Waals surface area (Å²) in [7, 11) is 0. The topological polar surface area (TPSA) is 80.0 Å². The molecule has 6 nitrogen and oxygen atoms in total. The molecule has 1 amide bonds. The van der Waals surface area contributed by atoms with Crippen LogP contribution in [0, 0.1) is 5.82 Å². The van der Waals surface area contributed by atoms with Crippen LogP contribution >= 0.6 is 11.3 Å². The number of halogens is 1. The Hall–Kier alpha value is -3.52. The van der Waals surface area contributed by atoms with Gasteiger partial charge in [0.05, 0.1) is 11.4 Å². The third-order valence-electron chi connectivity index (χ3n) is 4.20. The molecule has 0 unspecified atom stereocenters. The summed E-state index contributed by atoms with van der Waals surface area (Å²) in [6.07, 6.45) is 0. The molecule has 2 N–H and O–H groups in total. The molecule has 2 heterocycles. The van der Waals surface area contributed by atoms with E-state index < -0.39 is 0 Å². The van der Waals surface area contributed by atoms with Crippen molar-refractivity contribution in [1.82, 2.24) is 15.5 Å². The molecule has 0 fully saturated rings. The van der Waals surface area contributed by atoms with Gasteiger partial charge in [0.1, 0.15) is 5.82 Å². The first kappa shape index (κ1) is 18.8. The lowest BCUT2D eigenvalue weighted by molar-refractivity contribution is 0.0950. The number of hydrogen-bond acceptors (Lipinski definition) is 6. The third-order valence-corrected chi connectivity index (χ3v) is 5.06. The van der Waals surface area contributed by atoms with Gasteiger partial charge in [0.15, 0.2) is 0 Å². The van der Waals surface area contributed by atoms with E-state index in [2.05, 4.69) is 20.8 Å². The number of hydrogen-bond donors (Lipinski definition) is 2. The summed E-state index contributed by atoms with van der Waals surface area (Å²) in [5.74, 6) is 0.437. The van der Waals surface area contributed by atoms with Crippen LogP contribution in [-0.4, -0.2) is 16.0 Å². The van der Waals surface area contributed by atoms with E-state index >= 15 is 0 Å². The fraction of sp³-hybridized carbons (Fsp3) is 0.0952. The normalized spacial score (nSPS) is 10.7. The van der Waals surface area contributed by atoms with E-state index in [1.54, 1.807) is 53.8 Å². The first-order chi connectivity index (χ1) is 14.2. The molecule has 0 aliphatic rings. The summed E-state index contributed by atoms with van der Waals surface area (Å²) in [6.45, 7) is 0.506. The van der Waals surface area contributed by atoms with Crippen LogP contribution < -0.4 is 10.6 Å². The van der Waals surface area contributed by atoms with E-state index in [1.165, 1.54) is 6.07 Å². The lowest BCUT2D eigenvalue weighted by Gasteiger charge is -2.08. The molecule has 4 aromatic rings. The molecule has 2 aromatic carbocycles. The van der Waals surface area contributed by atoms with E-state index in [0.717, 1.165) is 10.6 Å². The second-order valence-electron chi connectivity index (χ2n) is 6.19. The number of nitrogens with zero attached hydrogens (tertiary/aromatic N) is 2. The largest absolute Gasteiger partial charge is 0.376 e. The Bertz CT molecular complexity index is 1090. The zero-order valence-corrected chi connectivity index (χ0v) is 16.1. The van der Waals surface area contributed by atoms with E-state index in [4.69, 9.17) is 4.52 Å². The van der Waals surface area contributed by atoms with Crippen molar-refractivity contribution >= 4 is 22.9 Å². The van der Waals surface area contributed by atoms with Crippen molar-refractivity contribution in [3.8, 4) is 10.7 Å². The monoisotopic (exact) mass is 408 g/mol. The highest BCUT2D eigenvalue weighted by atomic mass is 32.1. The fourth-order valence-corrected chi connectivity index (χ4v) is 3.32. The van der Waals surface area contributed by atoms with Gasteiger partial charge < -0.3 is 15.2 Å². The Kier molecular flexibility index (Phi) is 5.62. The molecule has 0 bridgehead atoms. The minimum atomic E-state index is -0.337. The van der Waals surface area contributed by atoms with Crippen LogP contribution in [0.25, 0.3) is 10.7 Å². The number of rotatable bonds is 7. The number of carbonyl (C=O) groups is 1. The summed E-state index contributed by atoms with van der Waals surface area (Å²) in [5.41, 5.74) is 1.75. The van der Waals surface area contributed by atoms with Crippen LogP contribution in [0.15, 0.2) is 70.6 Å². The molecule has 2 aromatic heterocycles. The highest BCUT2D eigenvalue weighted by Crippen LogP contribution is 2.21. The van der Waals surface area contributed by atoms with Crippen molar-refractivity contribution in [2.45, 2.75) is 13.1 Å². The second-order valence-corrected chi connectivity index (χ2v) is 7.14. The maximum absolute atomic E-state index is 13.6. The van der Waals surface area contributed by atoms with Gasteiger partial charge in [0, 0.05) is 23.4 Å². The van der Waals surface area contributed by atoms with Crippen molar-refractivity contribution < 1.29 is 13.7 Å². The van der Waals surface area contributed by atoms with Gasteiger partial charge in [-0.05, 0) is 41.8 Å². The van der Waals surface area contributed by atoms with E-state index in [-0.39, 0.29) is 18.3 Å². The quantitative estimate of drug-likeness (QED) is 0.471. The van der Waals surface area contributed by atoms with Crippen molar-refractivity contribution in [1.29, 1.82) is 0 Å². The van der Waals surface area contributed by atoms with Crippen LogP contribution in [0.4, 0.5) is 10.1 Å². The van der Waals surface area contributed by atoms with Crippen LogP contribution in [-0.2, 0) is 13.1 Å². The van der Waals surface area contributed by atoms with E-state index in [0.29, 0.717) is 29.4 Å². The van der Waals surface area contributed by atoms with Gasteiger partial charge in [-0.2, -0.15) is 4.98 Å². The summed E-state index contributed by atoms with van der Waals surface area (Å²) in [6, 6.07) is 17.2. The first-order valence-corrected chi connectivity index (χ1v) is 9.79. The molecular weight excluding hydrogens is 391 g/mol. The second kappa shape index (κ2) is 8.66. The molecule has 4 rings (SSSR count). The summed E-state index contributed by atoms with van der Waals surface area (Å²) >= 11 is 1.55. The number of amides is 1. The predicted molar refractivity (Wildman–Crippen MR) is 109 cm³/mol. The molecule has 8 heteroatoms. The molecular formula is C21H17FN4O2S. The van der Waals surface area contributed by atoms with Gasteiger partial charge >= 0.3 is 0 Å². The molecule has 0 aliphatic heterocycles. The lowest BCUT2D eigenvalue weighted by atomic mass is 10.1. The molecule has 146 valence electrons. The number of nitrogens with one attached hydrogen (secondary N) is 2. The van der Waals surface area contributed by atoms with Crippen molar-refractivity contribution in [3.05, 3.63) is 88.9 Å². The van der Waals surface area contributed by atoms with Gasteiger partial charge in [-0.25, -0.2) is 4.39 Å². The SMILES string of the molecule is O=C(NCc1ccccc1F)c1ccc(NCc2nc(-c3cccs3)no2)cc1. The van der Waals surface area contributed by atoms with Gasteiger partial charge in [0.2, 0.25) is 11.7 Å². The molecule has 0 aliphatic carbocycles. The Morgan fingerprint density at radius 3 is 2.62 bits per heavy atom. The maximum atomic E-state index is 13.6. The number of anilines is 1. The first-order valence-electron chi connectivity index (χ1n) is 8.91. The molecule has 0 radical (unpaired) electrons. The van der Waals surface area contributed by atoms with E-state index in [1.807, 2.05) is 17.5 Å². The van der Waals surface area contributed by atoms with Crippen molar-refractivity contribution in [3.63, 3.8) is 0 Å². The Morgan fingerprint density at radius 2 is 1.86 bits per heavy atom. The maximum Gasteiger partial charge on any atom is 0.251 e. The highest BCUT2D eigenvalue weighted by molar-refractivity contribution is 7.13.